The topological polar surface area (TPSA) is 85.5 Å². The zero-order valence-corrected chi connectivity index (χ0v) is 17.2. The molecule has 1 heterocycles. The lowest BCUT2D eigenvalue weighted by Crippen LogP contribution is -2.16. The Morgan fingerprint density at radius 2 is 1.86 bits per heavy atom. The van der Waals surface area contributed by atoms with Gasteiger partial charge in [-0.25, -0.2) is 0 Å². The molecule has 2 aromatic rings. The minimum Gasteiger partial charge on any atom is -0.494 e. The van der Waals surface area contributed by atoms with E-state index >= 15 is 0 Å². The number of halogens is 1. The molecule has 0 aliphatic heterocycles. The second-order valence-electron chi connectivity index (χ2n) is 6.63. The number of rotatable bonds is 9. The number of Topliss-reactive ketones (excluding diaryl/α,β-unsaturated/α-hetero) is 2. The molecule has 6 nitrogen and oxygen atoms in total. The Balaban J connectivity index is 1.76. The first-order valence-electron chi connectivity index (χ1n) is 8.98. The first kappa shape index (κ1) is 21.7. The molecule has 1 N–H and O–H groups in total. The Kier molecular flexibility index (Phi) is 7.40. The fourth-order valence-corrected chi connectivity index (χ4v) is 3.08. The summed E-state index contributed by atoms with van der Waals surface area (Å²) in [5.74, 6) is -0.270. The van der Waals surface area contributed by atoms with Crippen LogP contribution in [0.2, 0.25) is 5.02 Å². The highest BCUT2D eigenvalue weighted by Crippen LogP contribution is 2.21. The van der Waals surface area contributed by atoms with Crippen molar-refractivity contribution >= 4 is 29.1 Å². The van der Waals surface area contributed by atoms with E-state index in [0.717, 1.165) is 5.56 Å². The minimum absolute atomic E-state index is 0.113. The van der Waals surface area contributed by atoms with Crippen LogP contribution in [0.25, 0.3) is 0 Å². The largest absolute Gasteiger partial charge is 0.494 e. The summed E-state index contributed by atoms with van der Waals surface area (Å²) in [6.45, 7) is 6.75. The van der Waals surface area contributed by atoms with Crippen molar-refractivity contribution in [1.82, 2.24) is 4.98 Å². The molecule has 7 heteroatoms. The van der Waals surface area contributed by atoms with E-state index < -0.39 is 5.97 Å². The molecule has 0 unspecified atom stereocenters. The van der Waals surface area contributed by atoms with Crippen molar-refractivity contribution in [2.24, 2.45) is 0 Å². The number of aryl methyl sites for hydroxylation is 2. The second-order valence-corrected chi connectivity index (χ2v) is 7.04. The van der Waals surface area contributed by atoms with E-state index in [1.807, 2.05) is 13.0 Å². The Bertz CT molecular complexity index is 900. The van der Waals surface area contributed by atoms with Crippen LogP contribution in [0.15, 0.2) is 18.2 Å². The van der Waals surface area contributed by atoms with Crippen molar-refractivity contribution in [3.63, 3.8) is 0 Å². The summed E-state index contributed by atoms with van der Waals surface area (Å²) in [7, 11) is 0. The predicted molar refractivity (Wildman–Crippen MR) is 106 cm³/mol. The van der Waals surface area contributed by atoms with Crippen molar-refractivity contribution in [2.45, 2.75) is 40.5 Å². The number of aromatic nitrogens is 1. The lowest BCUT2D eigenvalue weighted by atomic mass is 10.1. The number of ether oxygens (including phenoxy) is 2. The molecule has 0 saturated carbocycles. The monoisotopic (exact) mass is 405 g/mol. The number of carbonyl (C=O) groups excluding carboxylic acids is 3. The van der Waals surface area contributed by atoms with Crippen LogP contribution in [0.1, 0.15) is 57.4 Å². The summed E-state index contributed by atoms with van der Waals surface area (Å²) in [4.78, 5) is 38.7. The van der Waals surface area contributed by atoms with E-state index in [9.17, 15) is 14.4 Å². The van der Waals surface area contributed by atoms with Crippen molar-refractivity contribution in [1.29, 1.82) is 0 Å². The van der Waals surface area contributed by atoms with Crippen molar-refractivity contribution < 1.29 is 23.9 Å². The lowest BCUT2D eigenvalue weighted by molar-refractivity contribution is -0.142. The standard InChI is InChI=1S/C21H24ClNO5/c1-12-10-16(7-8-17(12)22)27-9-5-6-19(26)28-11-18(25)21-13(2)20(15(4)24)14(3)23-21/h7-8,10,23H,5-6,9,11H2,1-4H3. The highest BCUT2D eigenvalue weighted by atomic mass is 35.5. The summed E-state index contributed by atoms with van der Waals surface area (Å²) in [5, 5.41) is 0.670. The zero-order chi connectivity index (χ0) is 20.8. The highest BCUT2D eigenvalue weighted by Gasteiger charge is 2.20. The maximum Gasteiger partial charge on any atom is 0.306 e. The van der Waals surface area contributed by atoms with E-state index in [4.69, 9.17) is 21.1 Å². The van der Waals surface area contributed by atoms with Crippen LogP contribution in [0.4, 0.5) is 0 Å². The molecule has 1 aromatic carbocycles. The molecule has 0 atom stereocenters. The molecule has 0 fully saturated rings. The van der Waals surface area contributed by atoms with Gasteiger partial charge >= 0.3 is 5.97 Å². The Labute approximate surface area is 169 Å². The van der Waals surface area contributed by atoms with Crippen LogP contribution in [0, 0.1) is 20.8 Å². The predicted octanol–water partition coefficient (Wildman–Crippen LogP) is 4.38. The van der Waals surface area contributed by atoms with Crippen LogP contribution < -0.4 is 4.74 Å². The fourth-order valence-electron chi connectivity index (χ4n) is 2.96. The maximum atomic E-state index is 12.3. The highest BCUT2D eigenvalue weighted by molar-refractivity contribution is 6.31. The number of carbonyl (C=O) groups is 3. The summed E-state index contributed by atoms with van der Waals surface area (Å²) in [6, 6.07) is 5.35. The van der Waals surface area contributed by atoms with Gasteiger partial charge in [-0.3, -0.25) is 14.4 Å². The van der Waals surface area contributed by atoms with Gasteiger partial charge in [0.25, 0.3) is 0 Å². The first-order chi connectivity index (χ1) is 13.2. The molecule has 0 amide bonds. The van der Waals surface area contributed by atoms with Crippen LogP contribution >= 0.6 is 11.6 Å². The molecule has 0 aliphatic carbocycles. The second kappa shape index (κ2) is 9.55. The molecule has 0 radical (unpaired) electrons. The SMILES string of the molecule is CC(=O)c1c(C)[nH]c(C(=O)COC(=O)CCCOc2ccc(Cl)c(C)c2)c1C. The van der Waals surface area contributed by atoms with Gasteiger partial charge in [0.15, 0.2) is 12.4 Å². The van der Waals surface area contributed by atoms with Crippen molar-refractivity contribution in [3.8, 4) is 5.75 Å². The van der Waals surface area contributed by atoms with Gasteiger partial charge in [0.2, 0.25) is 5.78 Å². The summed E-state index contributed by atoms with van der Waals surface area (Å²) >= 11 is 5.96. The number of H-pyrrole nitrogens is 1. The van der Waals surface area contributed by atoms with E-state index in [1.165, 1.54) is 6.92 Å². The number of aromatic amines is 1. The summed E-state index contributed by atoms with van der Waals surface area (Å²) in [6.07, 6.45) is 0.602. The lowest BCUT2D eigenvalue weighted by Gasteiger charge is -2.08. The Morgan fingerprint density at radius 3 is 2.46 bits per heavy atom. The van der Waals surface area contributed by atoms with Gasteiger partial charge in [-0.2, -0.15) is 0 Å². The third-order valence-corrected chi connectivity index (χ3v) is 4.78. The van der Waals surface area contributed by atoms with Crippen LogP contribution in [0.3, 0.4) is 0 Å². The molecule has 150 valence electrons. The quantitative estimate of drug-likeness (QED) is 0.380. The van der Waals surface area contributed by atoms with E-state index in [1.54, 1.807) is 26.0 Å². The molecule has 2 rings (SSSR count). The first-order valence-corrected chi connectivity index (χ1v) is 9.36. The van der Waals surface area contributed by atoms with Crippen LogP contribution in [-0.2, 0) is 9.53 Å². The molecule has 28 heavy (non-hydrogen) atoms. The molecule has 0 bridgehead atoms. The van der Waals surface area contributed by atoms with Gasteiger partial charge in [0, 0.05) is 22.7 Å². The molecule has 0 aliphatic rings. The number of esters is 1. The Hall–Kier alpha value is -2.60. The van der Waals surface area contributed by atoms with Crippen molar-refractivity contribution in [2.75, 3.05) is 13.2 Å². The smallest absolute Gasteiger partial charge is 0.306 e. The number of ketones is 2. The fraction of sp³-hybridized carbons (Fsp3) is 0.381. The normalized spacial score (nSPS) is 10.6. The van der Waals surface area contributed by atoms with Crippen LogP contribution in [0.5, 0.6) is 5.75 Å². The average molecular weight is 406 g/mol. The van der Waals surface area contributed by atoms with E-state index in [-0.39, 0.29) is 24.6 Å². The number of benzene rings is 1. The van der Waals surface area contributed by atoms with Gasteiger partial charge in [0.1, 0.15) is 5.75 Å². The number of hydrogen-bond donors (Lipinski definition) is 1. The third-order valence-electron chi connectivity index (χ3n) is 4.36. The van der Waals surface area contributed by atoms with E-state index in [0.29, 0.717) is 46.3 Å². The van der Waals surface area contributed by atoms with Crippen molar-refractivity contribution in [3.05, 3.63) is 51.3 Å². The molecular formula is C21H24ClNO5. The zero-order valence-electron chi connectivity index (χ0n) is 16.5. The average Bonchev–Trinajstić information content (AvgIpc) is 2.94. The molecular weight excluding hydrogens is 382 g/mol. The Morgan fingerprint density at radius 1 is 1.14 bits per heavy atom. The van der Waals surface area contributed by atoms with Gasteiger partial charge in [0.05, 0.1) is 12.3 Å². The van der Waals surface area contributed by atoms with Gasteiger partial charge in [-0.05, 0) is 63.4 Å². The minimum atomic E-state index is -0.475. The van der Waals surface area contributed by atoms with Gasteiger partial charge < -0.3 is 14.5 Å². The number of nitrogens with one attached hydrogen (secondary N) is 1. The number of hydrogen-bond acceptors (Lipinski definition) is 5. The summed E-state index contributed by atoms with van der Waals surface area (Å²) < 4.78 is 10.6. The molecule has 0 spiro atoms. The van der Waals surface area contributed by atoms with Gasteiger partial charge in [-0.15, -0.1) is 0 Å². The maximum absolute atomic E-state index is 12.3. The molecule has 1 aromatic heterocycles. The van der Waals surface area contributed by atoms with Crippen LogP contribution in [-0.4, -0.2) is 35.7 Å². The van der Waals surface area contributed by atoms with Gasteiger partial charge in [-0.1, -0.05) is 11.6 Å². The summed E-state index contributed by atoms with van der Waals surface area (Å²) in [5.41, 5.74) is 2.94. The third kappa shape index (κ3) is 5.45. The van der Waals surface area contributed by atoms with E-state index in [2.05, 4.69) is 4.98 Å². The molecule has 0 saturated heterocycles.